The lowest BCUT2D eigenvalue weighted by Gasteiger charge is -2.08. The third kappa shape index (κ3) is 2.65. The highest BCUT2D eigenvalue weighted by Crippen LogP contribution is 2.17. The summed E-state index contributed by atoms with van der Waals surface area (Å²) in [7, 11) is 0. The molecule has 1 heterocycles. The second-order valence-electron chi connectivity index (χ2n) is 4.23. The summed E-state index contributed by atoms with van der Waals surface area (Å²) >= 11 is 0. The van der Waals surface area contributed by atoms with Crippen LogP contribution in [0.5, 0.6) is 0 Å². The topological polar surface area (TPSA) is 107 Å². The van der Waals surface area contributed by atoms with Crippen molar-refractivity contribution in [2.24, 2.45) is 21.1 Å². The molecule has 0 spiro atoms. The van der Waals surface area contributed by atoms with Gasteiger partial charge in [-0.3, -0.25) is 10.2 Å². The molecule has 0 saturated carbocycles. The van der Waals surface area contributed by atoms with Gasteiger partial charge in [0, 0.05) is 0 Å². The van der Waals surface area contributed by atoms with E-state index in [4.69, 9.17) is 11.1 Å². The van der Waals surface area contributed by atoms with Gasteiger partial charge in [0.1, 0.15) is 0 Å². The van der Waals surface area contributed by atoms with Crippen molar-refractivity contribution in [3.05, 3.63) is 29.8 Å². The van der Waals surface area contributed by atoms with Gasteiger partial charge in [-0.25, -0.2) is 0 Å². The first-order valence-corrected chi connectivity index (χ1v) is 5.69. The Bertz CT molecular complexity index is 592. The number of guanidine groups is 1. The van der Waals surface area contributed by atoms with Crippen LogP contribution >= 0.6 is 0 Å². The number of nitrogens with one attached hydrogen (secondary N) is 1. The standard InChI is InChI=1S/C12H14N6O/c1-7-4-3-5-9(6-7)15-16-10-8(2)17-18(11(10)19)12(13)14/h3-6,10H,1-2H3,(H3,13,14). The maximum atomic E-state index is 11.9. The number of benzene rings is 1. The number of azo groups is 1. The zero-order valence-corrected chi connectivity index (χ0v) is 10.7. The molecule has 98 valence electrons. The second kappa shape index (κ2) is 4.97. The van der Waals surface area contributed by atoms with Crippen molar-refractivity contribution in [2.75, 3.05) is 0 Å². The van der Waals surface area contributed by atoms with Crippen LogP contribution in [-0.4, -0.2) is 28.6 Å². The molecule has 0 fully saturated rings. The van der Waals surface area contributed by atoms with Crippen LogP contribution in [0.3, 0.4) is 0 Å². The smallest absolute Gasteiger partial charge is 0.282 e. The van der Waals surface area contributed by atoms with Crippen LogP contribution in [0.15, 0.2) is 39.6 Å². The van der Waals surface area contributed by atoms with Gasteiger partial charge >= 0.3 is 0 Å². The number of hydrazone groups is 1. The van der Waals surface area contributed by atoms with Crippen molar-refractivity contribution in [1.29, 1.82) is 5.41 Å². The molecule has 1 amide bonds. The number of carbonyl (C=O) groups excluding carboxylic acids is 1. The van der Waals surface area contributed by atoms with Gasteiger partial charge in [-0.1, -0.05) is 12.1 Å². The largest absolute Gasteiger partial charge is 0.368 e. The highest BCUT2D eigenvalue weighted by atomic mass is 16.2. The zero-order valence-electron chi connectivity index (χ0n) is 10.7. The first-order chi connectivity index (χ1) is 8.99. The highest BCUT2D eigenvalue weighted by molar-refractivity contribution is 6.15. The van der Waals surface area contributed by atoms with E-state index >= 15 is 0 Å². The summed E-state index contributed by atoms with van der Waals surface area (Å²) in [6.45, 7) is 3.60. The van der Waals surface area contributed by atoms with Crippen molar-refractivity contribution in [2.45, 2.75) is 19.9 Å². The van der Waals surface area contributed by atoms with E-state index in [2.05, 4.69) is 15.3 Å². The van der Waals surface area contributed by atoms with E-state index < -0.39 is 17.9 Å². The Kier molecular flexibility index (Phi) is 3.37. The number of hydrogen-bond donors (Lipinski definition) is 2. The fraction of sp³-hybridized carbons (Fsp3) is 0.250. The van der Waals surface area contributed by atoms with Crippen molar-refractivity contribution in [3.63, 3.8) is 0 Å². The van der Waals surface area contributed by atoms with E-state index in [1.807, 2.05) is 25.1 Å². The molecule has 0 aliphatic carbocycles. The minimum Gasteiger partial charge on any atom is -0.368 e. The number of hydrogen-bond acceptors (Lipinski definition) is 5. The van der Waals surface area contributed by atoms with Crippen LogP contribution in [0.2, 0.25) is 0 Å². The molecule has 7 heteroatoms. The van der Waals surface area contributed by atoms with Crippen molar-refractivity contribution < 1.29 is 4.79 Å². The number of amides is 1. The summed E-state index contributed by atoms with van der Waals surface area (Å²) in [6.07, 6.45) is 0. The Morgan fingerprint density at radius 2 is 2.21 bits per heavy atom. The first kappa shape index (κ1) is 12.9. The lowest BCUT2D eigenvalue weighted by Crippen LogP contribution is -2.38. The number of rotatable bonds is 2. The fourth-order valence-electron chi connectivity index (χ4n) is 1.68. The fourth-order valence-corrected chi connectivity index (χ4v) is 1.68. The van der Waals surface area contributed by atoms with Crippen molar-refractivity contribution in [3.8, 4) is 0 Å². The molecular weight excluding hydrogens is 244 g/mol. The summed E-state index contributed by atoms with van der Waals surface area (Å²) in [5.74, 6) is -0.876. The lowest BCUT2D eigenvalue weighted by atomic mass is 10.2. The molecule has 1 aliphatic rings. The van der Waals surface area contributed by atoms with E-state index in [0.717, 1.165) is 10.6 Å². The average molecular weight is 258 g/mol. The van der Waals surface area contributed by atoms with Gasteiger partial charge < -0.3 is 5.73 Å². The molecule has 0 radical (unpaired) electrons. The number of nitrogens with two attached hydrogens (primary N) is 1. The Morgan fingerprint density at radius 1 is 1.47 bits per heavy atom. The van der Waals surface area contributed by atoms with Gasteiger partial charge in [0.25, 0.3) is 5.91 Å². The molecule has 2 rings (SSSR count). The van der Waals surface area contributed by atoms with Crippen LogP contribution in [0.1, 0.15) is 12.5 Å². The predicted octanol–water partition coefficient (Wildman–Crippen LogP) is 1.56. The van der Waals surface area contributed by atoms with Gasteiger partial charge in [0.15, 0.2) is 6.04 Å². The van der Waals surface area contributed by atoms with Crippen LogP contribution in [0.25, 0.3) is 0 Å². The van der Waals surface area contributed by atoms with Crippen molar-refractivity contribution >= 4 is 23.3 Å². The first-order valence-electron chi connectivity index (χ1n) is 5.69. The molecule has 7 nitrogen and oxygen atoms in total. The molecule has 1 aromatic carbocycles. The van der Waals surface area contributed by atoms with E-state index in [9.17, 15) is 4.79 Å². The summed E-state index contributed by atoms with van der Waals surface area (Å²) < 4.78 is 0. The molecule has 0 saturated heterocycles. The molecule has 19 heavy (non-hydrogen) atoms. The van der Waals surface area contributed by atoms with Crippen LogP contribution < -0.4 is 5.73 Å². The molecule has 0 bridgehead atoms. The van der Waals surface area contributed by atoms with Crippen LogP contribution in [-0.2, 0) is 4.79 Å². The maximum absolute atomic E-state index is 11.9. The Morgan fingerprint density at radius 3 is 2.79 bits per heavy atom. The molecule has 3 N–H and O–H groups in total. The molecular formula is C12H14N6O. The average Bonchev–Trinajstić information content (AvgIpc) is 2.63. The maximum Gasteiger partial charge on any atom is 0.282 e. The van der Waals surface area contributed by atoms with Gasteiger partial charge in [0.05, 0.1) is 11.4 Å². The van der Waals surface area contributed by atoms with Crippen molar-refractivity contribution in [1.82, 2.24) is 5.01 Å². The molecule has 0 aromatic heterocycles. The van der Waals surface area contributed by atoms with Gasteiger partial charge in [-0.2, -0.15) is 20.3 Å². The number of carbonyl (C=O) groups is 1. The highest BCUT2D eigenvalue weighted by Gasteiger charge is 2.35. The molecule has 1 aromatic rings. The van der Waals surface area contributed by atoms with Gasteiger partial charge in [0.2, 0.25) is 5.96 Å². The van der Waals surface area contributed by atoms with E-state index in [1.54, 1.807) is 13.0 Å². The third-order valence-electron chi connectivity index (χ3n) is 2.61. The normalized spacial score (nSPS) is 19.1. The SMILES string of the molecule is CC1=NN(C(=N)N)C(=O)C1N=Nc1cccc(C)c1. The Balaban J connectivity index is 2.18. The molecule has 1 aliphatic heterocycles. The molecule has 1 unspecified atom stereocenters. The van der Waals surface area contributed by atoms with Gasteiger partial charge in [-0.15, -0.1) is 0 Å². The Hall–Kier alpha value is -2.57. The van der Waals surface area contributed by atoms with E-state index in [0.29, 0.717) is 11.4 Å². The predicted molar refractivity (Wildman–Crippen MR) is 71.4 cm³/mol. The quantitative estimate of drug-likeness (QED) is 0.477. The van der Waals surface area contributed by atoms with E-state index in [-0.39, 0.29) is 0 Å². The number of nitrogens with zero attached hydrogens (tertiary/aromatic N) is 4. The van der Waals surface area contributed by atoms with Gasteiger partial charge in [-0.05, 0) is 31.5 Å². The van der Waals surface area contributed by atoms with E-state index in [1.165, 1.54) is 0 Å². The zero-order chi connectivity index (χ0) is 14.0. The summed E-state index contributed by atoms with van der Waals surface area (Å²) in [5.41, 5.74) is 7.45. The monoisotopic (exact) mass is 258 g/mol. The minimum atomic E-state index is -0.801. The minimum absolute atomic E-state index is 0.419. The summed E-state index contributed by atoms with van der Waals surface area (Å²) in [4.78, 5) is 11.9. The van der Waals surface area contributed by atoms with Crippen LogP contribution in [0.4, 0.5) is 5.69 Å². The third-order valence-corrected chi connectivity index (χ3v) is 2.61. The summed E-state index contributed by atoms with van der Waals surface area (Å²) in [6, 6.07) is 6.67. The van der Waals surface area contributed by atoms with Crippen LogP contribution in [0, 0.1) is 12.3 Å². The Labute approximate surface area is 110 Å². The summed E-state index contributed by atoms with van der Waals surface area (Å²) in [5, 5.41) is 19.9. The molecule has 1 atom stereocenters. The second-order valence-corrected chi connectivity index (χ2v) is 4.23. The lowest BCUT2D eigenvalue weighted by molar-refractivity contribution is -0.126. The number of aryl methyl sites for hydroxylation is 1.